The van der Waals surface area contributed by atoms with E-state index in [1.807, 2.05) is 23.6 Å². The van der Waals surface area contributed by atoms with Gasteiger partial charge >= 0.3 is 0 Å². The number of thiophene rings is 1. The first-order valence-corrected chi connectivity index (χ1v) is 10.8. The van der Waals surface area contributed by atoms with E-state index in [2.05, 4.69) is 29.2 Å². The quantitative estimate of drug-likeness (QED) is 0.251. The van der Waals surface area contributed by atoms with Crippen molar-refractivity contribution in [2.75, 3.05) is 5.75 Å². The molecule has 0 unspecified atom stereocenters. The molecule has 1 aliphatic rings. The number of aromatic nitrogens is 2. The van der Waals surface area contributed by atoms with E-state index in [0.717, 1.165) is 12.0 Å². The van der Waals surface area contributed by atoms with Crippen molar-refractivity contribution < 1.29 is 4.79 Å². The maximum Gasteiger partial charge on any atom is 0.262 e. The molecule has 138 valence electrons. The molecule has 6 heteroatoms. The zero-order chi connectivity index (χ0) is 19.3. The van der Waals surface area contributed by atoms with Crippen LogP contribution in [0.1, 0.15) is 21.5 Å². The number of thioether (sulfide) groups is 1. The van der Waals surface area contributed by atoms with Crippen molar-refractivity contribution in [2.45, 2.75) is 11.6 Å². The van der Waals surface area contributed by atoms with Gasteiger partial charge in [-0.1, -0.05) is 48.2 Å². The molecule has 2 aromatic heterocycles. The van der Waals surface area contributed by atoms with Gasteiger partial charge in [0.15, 0.2) is 10.9 Å². The minimum atomic E-state index is -0.0738. The largest absolute Gasteiger partial charge is 0.293 e. The van der Waals surface area contributed by atoms with Gasteiger partial charge in [0.2, 0.25) is 0 Å². The first-order valence-electron chi connectivity index (χ1n) is 8.93. The molecule has 0 amide bonds. The number of carbonyl (C=O) groups is 1. The van der Waals surface area contributed by atoms with Gasteiger partial charge in [0.1, 0.15) is 4.83 Å². The van der Waals surface area contributed by atoms with Crippen molar-refractivity contribution in [3.63, 3.8) is 0 Å². The Morgan fingerprint density at radius 3 is 2.86 bits per heavy atom. The Bertz CT molecular complexity index is 1300. The molecular formula is C22H16N2O2S2. The second kappa shape index (κ2) is 6.72. The van der Waals surface area contributed by atoms with E-state index in [1.54, 1.807) is 13.1 Å². The lowest BCUT2D eigenvalue weighted by molar-refractivity contribution is 0.102. The van der Waals surface area contributed by atoms with Gasteiger partial charge < -0.3 is 0 Å². The van der Waals surface area contributed by atoms with Gasteiger partial charge in [0.05, 0.1) is 11.1 Å². The van der Waals surface area contributed by atoms with Crippen LogP contribution in [-0.4, -0.2) is 21.1 Å². The summed E-state index contributed by atoms with van der Waals surface area (Å²) in [5.41, 5.74) is 5.56. The minimum absolute atomic E-state index is 0.0395. The van der Waals surface area contributed by atoms with Crippen molar-refractivity contribution >= 4 is 39.1 Å². The van der Waals surface area contributed by atoms with Gasteiger partial charge in [-0.05, 0) is 46.2 Å². The first-order chi connectivity index (χ1) is 13.6. The molecule has 0 saturated carbocycles. The molecule has 0 spiro atoms. The topological polar surface area (TPSA) is 52.0 Å². The molecular weight excluding hydrogens is 388 g/mol. The minimum Gasteiger partial charge on any atom is -0.293 e. The number of hydrogen-bond acceptors (Lipinski definition) is 5. The lowest BCUT2D eigenvalue weighted by Gasteiger charge is -2.08. The molecule has 0 bridgehead atoms. The highest BCUT2D eigenvalue weighted by Gasteiger charge is 2.20. The zero-order valence-electron chi connectivity index (χ0n) is 15.1. The highest BCUT2D eigenvalue weighted by atomic mass is 32.2. The molecule has 2 aromatic carbocycles. The molecule has 5 rings (SSSR count). The average molecular weight is 405 g/mol. The summed E-state index contributed by atoms with van der Waals surface area (Å²) in [5, 5.41) is 3.06. The predicted molar refractivity (Wildman–Crippen MR) is 115 cm³/mol. The van der Waals surface area contributed by atoms with Gasteiger partial charge in [-0.25, -0.2) is 4.98 Å². The zero-order valence-corrected chi connectivity index (χ0v) is 16.8. The van der Waals surface area contributed by atoms with Crippen LogP contribution in [0.2, 0.25) is 0 Å². The van der Waals surface area contributed by atoms with Crippen LogP contribution in [0, 0.1) is 0 Å². The van der Waals surface area contributed by atoms with Crippen LogP contribution in [0.25, 0.3) is 21.3 Å². The lowest BCUT2D eigenvalue weighted by atomic mass is 10.0. The third-order valence-electron chi connectivity index (χ3n) is 5.12. The van der Waals surface area contributed by atoms with Crippen molar-refractivity contribution in [3.05, 3.63) is 81.0 Å². The van der Waals surface area contributed by atoms with E-state index < -0.39 is 0 Å². The van der Waals surface area contributed by atoms with Crippen LogP contribution < -0.4 is 5.56 Å². The Hall–Kier alpha value is -2.70. The van der Waals surface area contributed by atoms with Gasteiger partial charge in [0, 0.05) is 12.6 Å². The number of carbonyl (C=O) groups excluding carboxylic acids is 1. The van der Waals surface area contributed by atoms with Crippen molar-refractivity contribution in [1.82, 2.24) is 9.55 Å². The van der Waals surface area contributed by atoms with Crippen LogP contribution >= 0.6 is 23.1 Å². The Balaban J connectivity index is 1.41. The molecule has 0 N–H and O–H groups in total. The Morgan fingerprint density at radius 2 is 1.96 bits per heavy atom. The fraction of sp³-hybridized carbons (Fsp3) is 0.136. The van der Waals surface area contributed by atoms with Crippen LogP contribution in [0.3, 0.4) is 0 Å². The monoisotopic (exact) mass is 404 g/mol. The molecule has 0 radical (unpaired) electrons. The summed E-state index contributed by atoms with van der Waals surface area (Å²) >= 11 is 2.75. The van der Waals surface area contributed by atoms with Crippen LogP contribution in [0.5, 0.6) is 0 Å². The third kappa shape index (κ3) is 2.80. The number of fused-ring (bicyclic) bond motifs is 4. The normalized spacial score (nSPS) is 12.2. The molecule has 28 heavy (non-hydrogen) atoms. The standard InChI is InChI=1S/C22H16N2O2S2/c1-24-21(26)17-8-9-27-20(17)23-22(24)28-12-19(25)15-7-6-14-10-13-4-2-3-5-16(13)18(14)11-15/h2-9,11H,10,12H2,1H3. The highest BCUT2D eigenvalue weighted by molar-refractivity contribution is 7.99. The van der Waals surface area contributed by atoms with Gasteiger partial charge in [0.25, 0.3) is 5.56 Å². The van der Waals surface area contributed by atoms with E-state index in [4.69, 9.17) is 0 Å². The average Bonchev–Trinajstić information content (AvgIpc) is 3.33. The van der Waals surface area contributed by atoms with E-state index in [-0.39, 0.29) is 17.1 Å². The predicted octanol–water partition coefficient (Wildman–Crippen LogP) is 4.54. The summed E-state index contributed by atoms with van der Waals surface area (Å²) in [4.78, 5) is 30.5. The Morgan fingerprint density at radius 1 is 1.14 bits per heavy atom. The van der Waals surface area contributed by atoms with E-state index >= 15 is 0 Å². The second-order valence-corrected chi connectivity index (χ2v) is 8.65. The molecule has 4 aromatic rings. The summed E-state index contributed by atoms with van der Waals surface area (Å²) in [6.07, 6.45) is 0.918. The van der Waals surface area contributed by atoms with E-state index in [0.29, 0.717) is 20.9 Å². The SMILES string of the molecule is Cn1c(SCC(=O)c2ccc3c(c2)-c2ccccc2C3)nc2sccc2c1=O. The van der Waals surface area contributed by atoms with Crippen LogP contribution in [-0.2, 0) is 13.5 Å². The smallest absolute Gasteiger partial charge is 0.262 e. The van der Waals surface area contributed by atoms with Crippen LogP contribution in [0.15, 0.2) is 63.9 Å². The highest BCUT2D eigenvalue weighted by Crippen LogP contribution is 2.37. The number of hydrogen-bond donors (Lipinski definition) is 0. The Labute approximate surface area is 169 Å². The second-order valence-electron chi connectivity index (χ2n) is 6.82. The fourth-order valence-corrected chi connectivity index (χ4v) is 5.29. The van der Waals surface area contributed by atoms with Crippen molar-refractivity contribution in [1.29, 1.82) is 0 Å². The van der Waals surface area contributed by atoms with Gasteiger partial charge in [-0.2, -0.15) is 0 Å². The van der Waals surface area contributed by atoms with E-state index in [1.165, 1.54) is 44.4 Å². The number of benzene rings is 2. The fourth-order valence-electron chi connectivity index (χ4n) is 3.62. The third-order valence-corrected chi connectivity index (χ3v) is 6.95. The van der Waals surface area contributed by atoms with Crippen molar-refractivity contribution in [2.24, 2.45) is 7.05 Å². The lowest BCUT2D eigenvalue weighted by Crippen LogP contribution is -2.19. The van der Waals surface area contributed by atoms with Crippen LogP contribution in [0.4, 0.5) is 0 Å². The number of Topliss-reactive ketones (excluding diaryl/α,β-unsaturated/α-hetero) is 1. The maximum absolute atomic E-state index is 12.8. The summed E-state index contributed by atoms with van der Waals surface area (Å²) in [5.74, 6) is 0.287. The molecule has 4 nitrogen and oxygen atoms in total. The van der Waals surface area contributed by atoms with E-state index in [9.17, 15) is 9.59 Å². The molecule has 0 fully saturated rings. The number of rotatable bonds is 4. The first kappa shape index (κ1) is 17.4. The molecule has 2 heterocycles. The van der Waals surface area contributed by atoms with Gasteiger partial charge in [-0.15, -0.1) is 11.3 Å². The molecule has 0 saturated heterocycles. The summed E-state index contributed by atoms with van der Waals surface area (Å²) < 4.78 is 1.52. The Kier molecular flexibility index (Phi) is 4.18. The number of ketones is 1. The summed E-state index contributed by atoms with van der Waals surface area (Å²) in [7, 11) is 1.70. The molecule has 1 aliphatic carbocycles. The van der Waals surface area contributed by atoms with Gasteiger partial charge in [-0.3, -0.25) is 14.2 Å². The maximum atomic E-state index is 12.8. The van der Waals surface area contributed by atoms with Crippen molar-refractivity contribution in [3.8, 4) is 11.1 Å². The summed E-state index contributed by atoms with van der Waals surface area (Å²) in [6.45, 7) is 0. The number of nitrogens with zero attached hydrogens (tertiary/aromatic N) is 2. The summed E-state index contributed by atoms with van der Waals surface area (Å²) in [6, 6.07) is 16.1. The molecule has 0 aliphatic heterocycles. The molecule has 0 atom stereocenters.